The van der Waals surface area contributed by atoms with Crippen molar-refractivity contribution in [3.8, 4) is 5.75 Å². The molecule has 0 aliphatic rings. The van der Waals surface area contributed by atoms with Gasteiger partial charge in [0.1, 0.15) is 17.1 Å². The van der Waals surface area contributed by atoms with Gasteiger partial charge < -0.3 is 18.5 Å². The monoisotopic (exact) mass is 419 g/mol. The molecule has 1 N–H and O–H groups in total. The molecule has 1 aromatic carbocycles. The number of likely N-dealkylation sites (N-methyl/N-ethyl adjacent to an activating group) is 1. The van der Waals surface area contributed by atoms with Gasteiger partial charge in [0.2, 0.25) is 5.91 Å². The highest BCUT2D eigenvalue weighted by Crippen LogP contribution is 2.37. The van der Waals surface area contributed by atoms with Gasteiger partial charge in [0, 0.05) is 13.6 Å². The molecule has 0 saturated carbocycles. The third kappa shape index (κ3) is 6.66. The van der Waals surface area contributed by atoms with Gasteiger partial charge in [-0.2, -0.15) is 13.2 Å². The molecule has 0 spiro atoms. The van der Waals surface area contributed by atoms with Gasteiger partial charge >= 0.3 is 6.18 Å². The van der Waals surface area contributed by atoms with Gasteiger partial charge in [-0.25, -0.2) is 4.21 Å². The highest BCUT2D eigenvalue weighted by Gasteiger charge is 2.35. The number of carbonyl (C=O) groups excluding carboxylic acids is 1. The minimum Gasteiger partial charge on any atom is -0.740 e. The van der Waals surface area contributed by atoms with Crippen molar-refractivity contribution in [2.75, 3.05) is 20.1 Å². The first-order chi connectivity index (χ1) is 13.2. The Hall–Kier alpha value is -2.37. The molecule has 2 rings (SSSR count). The quantitative estimate of drug-likeness (QED) is 0.627. The molecule has 1 unspecified atom stereocenters. The van der Waals surface area contributed by atoms with E-state index in [0.29, 0.717) is 17.9 Å². The van der Waals surface area contributed by atoms with Crippen molar-refractivity contribution >= 4 is 17.3 Å². The minimum absolute atomic E-state index is 0.0414. The summed E-state index contributed by atoms with van der Waals surface area (Å²) in [5, 5.41) is 2.49. The molecule has 1 amide bonds. The van der Waals surface area contributed by atoms with Crippen LogP contribution in [0.3, 0.4) is 0 Å². The van der Waals surface area contributed by atoms with E-state index in [0.717, 1.165) is 12.1 Å². The van der Waals surface area contributed by atoms with Crippen LogP contribution in [0.15, 0.2) is 41.0 Å². The van der Waals surface area contributed by atoms with E-state index in [2.05, 4.69) is 9.50 Å². The molecule has 1 heterocycles. The smallest absolute Gasteiger partial charge is 0.420 e. The van der Waals surface area contributed by atoms with Gasteiger partial charge in [0.05, 0.1) is 24.9 Å². The molecular formula is C17H18F3N2O5S-. The molecular weight excluding hydrogens is 401 g/mol. The van der Waals surface area contributed by atoms with Crippen molar-refractivity contribution in [2.45, 2.75) is 19.1 Å². The lowest BCUT2D eigenvalue weighted by molar-refractivity contribution is -0.138. The van der Waals surface area contributed by atoms with Crippen molar-refractivity contribution in [3.63, 3.8) is 0 Å². The Kier molecular flexibility index (Phi) is 7.61. The van der Waals surface area contributed by atoms with Crippen LogP contribution in [0.25, 0.3) is 0 Å². The maximum absolute atomic E-state index is 13.2. The average Bonchev–Trinajstić information content (AvgIpc) is 3.12. The van der Waals surface area contributed by atoms with Crippen molar-refractivity contribution in [3.05, 3.63) is 53.5 Å². The molecule has 0 radical (unpaired) electrons. The predicted molar refractivity (Wildman–Crippen MR) is 92.7 cm³/mol. The summed E-state index contributed by atoms with van der Waals surface area (Å²) in [6.45, 7) is 0.627. The first-order valence-electron chi connectivity index (χ1n) is 8.12. The van der Waals surface area contributed by atoms with E-state index in [1.165, 1.54) is 19.4 Å². The molecule has 1 aromatic heterocycles. The summed E-state index contributed by atoms with van der Waals surface area (Å²) in [6.07, 6.45) is -3.09. The SMILES string of the molecule is CNC(=O)CN(CCc1ccc(OS(=O)[O-])c(C(F)(F)F)c1)Cc1ccco1. The van der Waals surface area contributed by atoms with Crippen molar-refractivity contribution < 1.29 is 35.3 Å². The Labute approximate surface area is 162 Å². The molecule has 0 saturated heterocycles. The molecule has 28 heavy (non-hydrogen) atoms. The Morgan fingerprint density at radius 2 is 2.11 bits per heavy atom. The number of hydrogen-bond donors (Lipinski definition) is 1. The van der Waals surface area contributed by atoms with E-state index in [1.807, 2.05) is 0 Å². The number of nitrogens with one attached hydrogen (secondary N) is 1. The summed E-state index contributed by atoms with van der Waals surface area (Å²) in [6, 6.07) is 6.58. The molecule has 11 heteroatoms. The molecule has 0 bridgehead atoms. The normalized spacial score (nSPS) is 12.8. The van der Waals surface area contributed by atoms with E-state index >= 15 is 0 Å². The van der Waals surface area contributed by atoms with Crippen LogP contribution in [-0.2, 0) is 35.3 Å². The molecule has 2 aromatic rings. The van der Waals surface area contributed by atoms with Gasteiger partial charge in [0.25, 0.3) is 0 Å². The topological polar surface area (TPSA) is 94.8 Å². The van der Waals surface area contributed by atoms with Gasteiger partial charge in [0.15, 0.2) is 5.75 Å². The molecule has 154 valence electrons. The third-order valence-electron chi connectivity index (χ3n) is 3.83. The Morgan fingerprint density at radius 1 is 1.36 bits per heavy atom. The van der Waals surface area contributed by atoms with Crippen LogP contribution >= 0.6 is 0 Å². The zero-order chi connectivity index (χ0) is 20.7. The molecule has 0 aliphatic heterocycles. The van der Waals surface area contributed by atoms with Gasteiger partial charge in [-0.1, -0.05) is 6.07 Å². The van der Waals surface area contributed by atoms with Gasteiger partial charge in [-0.15, -0.1) is 0 Å². The minimum atomic E-state index is -4.78. The summed E-state index contributed by atoms with van der Waals surface area (Å²) in [7, 11) is 1.49. The summed E-state index contributed by atoms with van der Waals surface area (Å²) < 4.78 is 70.2. The van der Waals surface area contributed by atoms with E-state index in [-0.39, 0.29) is 25.4 Å². The third-order valence-corrected chi connectivity index (χ3v) is 4.15. The van der Waals surface area contributed by atoms with E-state index in [9.17, 15) is 26.7 Å². The van der Waals surface area contributed by atoms with Gasteiger partial charge in [-0.3, -0.25) is 9.69 Å². The van der Waals surface area contributed by atoms with Crippen LogP contribution in [0.4, 0.5) is 13.2 Å². The summed E-state index contributed by atoms with van der Waals surface area (Å²) in [4.78, 5) is 13.4. The second kappa shape index (κ2) is 9.71. The van der Waals surface area contributed by atoms with Crippen LogP contribution < -0.4 is 9.50 Å². The first-order valence-corrected chi connectivity index (χ1v) is 9.12. The first kappa shape index (κ1) is 21.9. The van der Waals surface area contributed by atoms with Crippen molar-refractivity contribution in [2.24, 2.45) is 0 Å². The standard InChI is InChI=1S/C17H19F3N2O5S/c1-21-16(23)11-22(10-13-3-2-8-26-13)7-6-12-4-5-15(27-28(24)25)14(9-12)17(18,19)20/h2-5,8-9H,6-7,10-11H2,1H3,(H,21,23)(H,24,25)/p-1. The predicted octanol–water partition coefficient (Wildman–Crippen LogP) is 2.26. The Balaban J connectivity index is 2.14. The zero-order valence-electron chi connectivity index (χ0n) is 14.8. The number of halogens is 3. The number of benzene rings is 1. The van der Waals surface area contributed by atoms with Crippen LogP contribution in [0.1, 0.15) is 16.9 Å². The fourth-order valence-electron chi connectivity index (χ4n) is 2.51. The fraction of sp³-hybridized carbons (Fsp3) is 0.353. The largest absolute Gasteiger partial charge is 0.740 e. The van der Waals surface area contributed by atoms with Crippen LogP contribution in [-0.4, -0.2) is 39.7 Å². The highest BCUT2D eigenvalue weighted by molar-refractivity contribution is 7.74. The van der Waals surface area contributed by atoms with E-state index in [1.54, 1.807) is 17.0 Å². The van der Waals surface area contributed by atoms with E-state index in [4.69, 9.17) is 4.42 Å². The number of alkyl halides is 3. The summed E-state index contributed by atoms with van der Waals surface area (Å²) >= 11 is -3.12. The number of furan rings is 1. The lowest BCUT2D eigenvalue weighted by Gasteiger charge is -2.21. The summed E-state index contributed by atoms with van der Waals surface area (Å²) in [5.74, 6) is -0.423. The molecule has 1 atom stereocenters. The van der Waals surface area contributed by atoms with E-state index < -0.39 is 28.9 Å². The lowest BCUT2D eigenvalue weighted by Crippen LogP contribution is -2.36. The fourth-order valence-corrected chi connectivity index (χ4v) is 2.80. The number of nitrogens with zero attached hydrogens (tertiary/aromatic N) is 1. The van der Waals surface area contributed by atoms with Crippen LogP contribution in [0.5, 0.6) is 5.75 Å². The number of carbonyl (C=O) groups is 1. The molecule has 0 aliphatic carbocycles. The second-order valence-electron chi connectivity index (χ2n) is 5.83. The Bertz CT molecular complexity index is 812. The number of hydrogen-bond acceptors (Lipinski definition) is 6. The van der Waals surface area contributed by atoms with Crippen LogP contribution in [0, 0.1) is 0 Å². The molecule has 7 nitrogen and oxygen atoms in total. The average molecular weight is 419 g/mol. The molecule has 0 fully saturated rings. The number of rotatable bonds is 9. The van der Waals surface area contributed by atoms with Crippen LogP contribution in [0.2, 0.25) is 0 Å². The van der Waals surface area contributed by atoms with Gasteiger partial charge in [-0.05, 0) is 36.2 Å². The summed E-state index contributed by atoms with van der Waals surface area (Å²) in [5.41, 5.74) is -0.865. The lowest BCUT2D eigenvalue weighted by atomic mass is 10.1. The zero-order valence-corrected chi connectivity index (χ0v) is 15.6. The van der Waals surface area contributed by atoms with Crippen molar-refractivity contribution in [1.29, 1.82) is 0 Å². The Morgan fingerprint density at radius 3 is 2.68 bits per heavy atom. The highest BCUT2D eigenvalue weighted by atomic mass is 32.2. The second-order valence-corrected chi connectivity index (χ2v) is 6.40. The number of amides is 1. The maximum atomic E-state index is 13.2. The maximum Gasteiger partial charge on any atom is 0.420 e. The van der Waals surface area contributed by atoms with Crippen molar-refractivity contribution in [1.82, 2.24) is 10.2 Å².